The third-order valence-corrected chi connectivity index (χ3v) is 15.7. The van der Waals surface area contributed by atoms with Crippen LogP contribution in [0.15, 0.2) is 0 Å². The van der Waals surface area contributed by atoms with Crippen LogP contribution in [-0.2, 0) is 14.2 Å². The number of ether oxygens (including phenoxy) is 3. The Kier molecular flexibility index (Phi) is 8.65. The Hall–Kier alpha value is -1.83. The molecule has 13 unspecified atom stereocenters. The molecule has 2 amide bonds. The zero-order valence-electron chi connectivity index (χ0n) is 30.8. The summed E-state index contributed by atoms with van der Waals surface area (Å²) in [6.07, 6.45) is -0.387. The highest BCUT2D eigenvalue weighted by Crippen LogP contribution is 2.87. The van der Waals surface area contributed by atoms with Gasteiger partial charge in [-0.25, -0.2) is 9.59 Å². The summed E-state index contributed by atoms with van der Waals surface area (Å²) in [4.78, 5) is 26.5. The van der Waals surface area contributed by atoms with Crippen molar-refractivity contribution in [1.29, 1.82) is 0 Å². The maximum absolute atomic E-state index is 13.0. The average molecular weight is 713 g/mol. The summed E-state index contributed by atoms with van der Waals surface area (Å²) in [5.41, 5.74) is 6.39. The molecule has 5 saturated carbocycles. The number of rotatable bonds is 6. The van der Waals surface area contributed by atoms with Gasteiger partial charge in [0.1, 0.15) is 12.2 Å². The Bertz CT molecular complexity index is 1360. The van der Waals surface area contributed by atoms with Crippen LogP contribution < -0.4 is 16.4 Å². The van der Waals surface area contributed by atoms with E-state index in [1.807, 2.05) is 13.8 Å². The lowest BCUT2D eigenvalue weighted by atomic mass is 9.43. The fraction of sp³-hybridized carbons (Fsp3) is 0.946. The zero-order valence-corrected chi connectivity index (χ0v) is 30.8. The highest BCUT2D eigenvalue weighted by molar-refractivity contribution is 5.68. The van der Waals surface area contributed by atoms with Gasteiger partial charge in [0.2, 0.25) is 0 Å². The maximum Gasteiger partial charge on any atom is 0.407 e. The number of amides is 2. The first-order chi connectivity index (χ1) is 23.2. The van der Waals surface area contributed by atoms with Gasteiger partial charge < -0.3 is 35.7 Å². The van der Waals surface area contributed by atoms with Crippen molar-refractivity contribution >= 4 is 12.2 Å². The Morgan fingerprint density at radius 2 is 1.70 bits per heavy atom. The molecule has 7 rings (SSSR count). The molecule has 0 aromatic heterocycles. The monoisotopic (exact) mass is 712 g/mol. The van der Waals surface area contributed by atoms with Gasteiger partial charge in [0.25, 0.3) is 0 Å². The summed E-state index contributed by atoms with van der Waals surface area (Å²) in [5.74, 6) is 0.812. The van der Waals surface area contributed by atoms with Gasteiger partial charge in [-0.15, -0.1) is 0 Å². The number of nitrogens with one attached hydrogen (secondary N) is 2. The second-order valence-corrected chi connectivity index (χ2v) is 18.6. The number of nitrogens with zero attached hydrogens (tertiary/aromatic N) is 1. The van der Waals surface area contributed by atoms with Crippen LogP contribution in [0.25, 0.3) is 0 Å². The first-order valence-corrected chi connectivity index (χ1v) is 19.0. The molecule has 2 heterocycles. The topological polar surface area (TPSA) is 135 Å². The van der Waals surface area contributed by atoms with Gasteiger partial charge in [0, 0.05) is 25.6 Å². The number of alkyl halides is 3. The number of aliphatic hydroxyl groups excluding tert-OH is 1. The van der Waals surface area contributed by atoms with Gasteiger partial charge in [-0.2, -0.15) is 13.2 Å². The van der Waals surface area contributed by atoms with Gasteiger partial charge in [-0.3, -0.25) is 4.90 Å². The van der Waals surface area contributed by atoms with Crippen LogP contribution in [0.1, 0.15) is 92.9 Å². The van der Waals surface area contributed by atoms with Crippen LogP contribution >= 0.6 is 0 Å². The molecule has 7 aliphatic rings. The van der Waals surface area contributed by atoms with Crippen molar-refractivity contribution in [2.24, 2.45) is 57.0 Å². The highest BCUT2D eigenvalue weighted by Gasteiger charge is 2.85. The second-order valence-electron chi connectivity index (χ2n) is 18.6. The molecule has 0 bridgehead atoms. The quantitative estimate of drug-likeness (QED) is 0.295. The van der Waals surface area contributed by atoms with Crippen molar-refractivity contribution in [3.05, 3.63) is 0 Å². The maximum atomic E-state index is 13.0. The summed E-state index contributed by atoms with van der Waals surface area (Å²) in [6, 6.07) is -0.342. The third kappa shape index (κ3) is 5.16. The molecule has 13 heteroatoms. The lowest BCUT2D eigenvalue weighted by Crippen LogP contribution is -2.70. The molecule has 0 radical (unpaired) electrons. The summed E-state index contributed by atoms with van der Waals surface area (Å²) >= 11 is 0. The number of aliphatic hydroxyl groups is 1. The second kappa shape index (κ2) is 11.8. The standard InChI is InChI=1S/C37H59F3N4O6/c1-19(2)27(50-30(46)42-7)22-14-20(3)26-28(48-22)29(45)37(41)24-9-8-23-32(4,5)25(10-11-34(23)17-35(24,34)13-12-33(26,37)6)49-31(47)43-21-15-44(16-21)18-36(38,39)40/h19-29,45H,8-18,41H2,1-7H3,(H,42,46)(H,43,47). The largest absolute Gasteiger partial charge is 0.446 e. The van der Waals surface area contributed by atoms with Crippen LogP contribution in [0.3, 0.4) is 0 Å². The molecule has 7 fully saturated rings. The Morgan fingerprint density at radius 3 is 2.34 bits per heavy atom. The molecule has 2 saturated heterocycles. The Balaban J connectivity index is 1.06. The Labute approximate surface area is 294 Å². The van der Waals surface area contributed by atoms with Crippen LogP contribution in [0.2, 0.25) is 0 Å². The van der Waals surface area contributed by atoms with E-state index < -0.39 is 48.8 Å². The SMILES string of the molecule is CNC(=O)OC(C(C)C)C1CC(C)C2C(O1)C(O)C1(N)C3CCC4C(C)(C)C(OC(=O)NC5CN(CC(F)(F)F)C5)CCC45CC35CCC21C. The normalized spacial score (nSPS) is 47.0. The van der Waals surface area contributed by atoms with Crippen LogP contribution in [0, 0.1) is 51.2 Å². The van der Waals surface area contributed by atoms with Gasteiger partial charge >= 0.3 is 18.4 Å². The number of fused-ring (bicyclic) bond motifs is 4. The van der Waals surface area contributed by atoms with E-state index >= 15 is 0 Å². The first-order valence-electron chi connectivity index (χ1n) is 19.0. The minimum absolute atomic E-state index is 0.0163. The minimum Gasteiger partial charge on any atom is -0.446 e. The lowest BCUT2D eigenvalue weighted by Gasteiger charge is -2.63. The molecule has 5 aliphatic carbocycles. The molecule has 284 valence electrons. The number of likely N-dealkylation sites (tertiary alicyclic amines) is 1. The summed E-state index contributed by atoms with van der Waals surface area (Å²) < 4.78 is 56.8. The zero-order chi connectivity index (χ0) is 36.4. The van der Waals surface area contributed by atoms with Gasteiger partial charge in [0.15, 0.2) is 0 Å². The van der Waals surface area contributed by atoms with E-state index in [1.54, 1.807) is 7.05 Å². The number of alkyl carbamates (subject to hydrolysis) is 2. The summed E-state index contributed by atoms with van der Waals surface area (Å²) in [5, 5.41) is 17.8. The fourth-order valence-corrected chi connectivity index (χ4v) is 13.6. The van der Waals surface area contributed by atoms with Gasteiger partial charge in [0.05, 0.1) is 36.4 Å². The van der Waals surface area contributed by atoms with E-state index in [9.17, 15) is 27.9 Å². The molecule has 50 heavy (non-hydrogen) atoms. The minimum atomic E-state index is -4.25. The molecule has 0 aromatic rings. The number of nitrogens with two attached hydrogens (primary N) is 1. The highest BCUT2D eigenvalue weighted by atomic mass is 19.4. The van der Waals surface area contributed by atoms with Crippen molar-refractivity contribution < 1.29 is 42.1 Å². The summed E-state index contributed by atoms with van der Waals surface area (Å²) in [6.45, 7) is 12.4. The van der Waals surface area contributed by atoms with Gasteiger partial charge in [-0.1, -0.05) is 41.5 Å². The van der Waals surface area contributed by atoms with E-state index in [-0.39, 0.29) is 76.7 Å². The first kappa shape index (κ1) is 36.5. The number of hydrogen-bond acceptors (Lipinski definition) is 8. The Morgan fingerprint density at radius 1 is 1.04 bits per heavy atom. The molecule has 13 atom stereocenters. The smallest absolute Gasteiger partial charge is 0.407 e. The molecule has 2 spiro atoms. The molecule has 0 aromatic carbocycles. The van der Waals surface area contributed by atoms with Gasteiger partial charge in [-0.05, 0) is 97.2 Å². The molecular formula is C37H59F3N4O6. The number of halogens is 3. The molecular weight excluding hydrogens is 653 g/mol. The van der Waals surface area contributed by atoms with Crippen molar-refractivity contribution in [1.82, 2.24) is 15.5 Å². The molecule has 10 nitrogen and oxygen atoms in total. The predicted molar refractivity (Wildman–Crippen MR) is 179 cm³/mol. The van der Waals surface area contributed by atoms with Crippen LogP contribution in [-0.4, -0.2) is 97.2 Å². The third-order valence-electron chi connectivity index (χ3n) is 15.7. The number of carbonyl (C=O) groups is 2. The van der Waals surface area contributed by atoms with Crippen molar-refractivity contribution in [2.45, 2.75) is 141 Å². The van der Waals surface area contributed by atoms with E-state index in [0.717, 1.165) is 51.4 Å². The van der Waals surface area contributed by atoms with E-state index in [4.69, 9.17) is 19.9 Å². The van der Waals surface area contributed by atoms with E-state index in [1.165, 1.54) is 4.90 Å². The average Bonchev–Trinajstić information content (AvgIpc) is 3.64. The lowest BCUT2D eigenvalue weighted by molar-refractivity contribution is -0.177. The molecule has 2 aliphatic heterocycles. The molecule has 5 N–H and O–H groups in total. The predicted octanol–water partition coefficient (Wildman–Crippen LogP) is 5.21. The van der Waals surface area contributed by atoms with Crippen LogP contribution in [0.4, 0.5) is 22.8 Å². The van der Waals surface area contributed by atoms with E-state index in [0.29, 0.717) is 5.92 Å². The van der Waals surface area contributed by atoms with Crippen molar-refractivity contribution in [3.8, 4) is 0 Å². The van der Waals surface area contributed by atoms with E-state index in [2.05, 4.69) is 38.3 Å². The summed E-state index contributed by atoms with van der Waals surface area (Å²) in [7, 11) is 1.55. The number of hydrogen-bond donors (Lipinski definition) is 4. The fourth-order valence-electron chi connectivity index (χ4n) is 13.6. The van der Waals surface area contributed by atoms with Crippen LogP contribution in [0.5, 0.6) is 0 Å². The van der Waals surface area contributed by atoms with Crippen molar-refractivity contribution in [3.63, 3.8) is 0 Å². The van der Waals surface area contributed by atoms with Crippen molar-refractivity contribution in [2.75, 3.05) is 26.7 Å². The number of carbonyl (C=O) groups excluding carboxylic acids is 2.